The molecule has 1 aromatic rings. The fourth-order valence-corrected chi connectivity index (χ4v) is 1.90. The van der Waals surface area contributed by atoms with Crippen molar-refractivity contribution in [1.82, 2.24) is 0 Å². The van der Waals surface area contributed by atoms with Crippen molar-refractivity contribution in [3.63, 3.8) is 0 Å². The first-order chi connectivity index (χ1) is 8.52. The van der Waals surface area contributed by atoms with Crippen LogP contribution in [0.15, 0.2) is 18.2 Å². The maximum Gasteiger partial charge on any atom is 0.268 e. The third kappa shape index (κ3) is 2.14. The maximum absolute atomic E-state index is 12.0. The summed E-state index contributed by atoms with van der Waals surface area (Å²) in [5, 5.41) is 0. The van der Waals surface area contributed by atoms with Gasteiger partial charge in [-0.1, -0.05) is 6.07 Å². The van der Waals surface area contributed by atoms with Crippen LogP contribution in [-0.4, -0.2) is 24.5 Å². The summed E-state index contributed by atoms with van der Waals surface area (Å²) < 4.78 is 5.47. The summed E-state index contributed by atoms with van der Waals surface area (Å²) in [6.45, 7) is 1.82. The highest BCUT2D eigenvalue weighted by Crippen LogP contribution is 2.34. The molecule has 0 fully saturated rings. The van der Waals surface area contributed by atoms with Gasteiger partial charge in [0, 0.05) is 6.54 Å². The zero-order chi connectivity index (χ0) is 13.3. The first kappa shape index (κ1) is 12.4. The molecule has 1 heterocycles. The predicted octanol–water partition coefficient (Wildman–Crippen LogP) is -0.255. The number of ether oxygens (including phenoxy) is 1. The van der Waals surface area contributed by atoms with Gasteiger partial charge in [0.05, 0.1) is 5.69 Å². The van der Waals surface area contributed by atoms with E-state index >= 15 is 0 Å². The fourth-order valence-electron chi connectivity index (χ4n) is 1.90. The Kier molecular flexibility index (Phi) is 3.20. The molecule has 1 aromatic carbocycles. The Morgan fingerprint density at radius 3 is 2.83 bits per heavy atom. The summed E-state index contributed by atoms with van der Waals surface area (Å²) in [4.78, 5) is 24.4. The van der Waals surface area contributed by atoms with Gasteiger partial charge in [0.2, 0.25) is 5.91 Å². The van der Waals surface area contributed by atoms with Crippen LogP contribution >= 0.6 is 0 Å². The Balaban J connectivity index is 2.45. The molecule has 0 saturated heterocycles. The van der Waals surface area contributed by atoms with Crippen molar-refractivity contribution in [2.45, 2.75) is 19.6 Å². The van der Waals surface area contributed by atoms with Gasteiger partial charge >= 0.3 is 0 Å². The summed E-state index contributed by atoms with van der Waals surface area (Å²) in [5.41, 5.74) is 12.1. The second-order valence-corrected chi connectivity index (χ2v) is 4.16. The number of carbonyl (C=O) groups excluding carboxylic acids is 2. The van der Waals surface area contributed by atoms with E-state index in [1.54, 1.807) is 19.1 Å². The van der Waals surface area contributed by atoms with Gasteiger partial charge in [-0.25, -0.2) is 0 Å². The number of fused-ring (bicyclic) bond motifs is 1. The van der Waals surface area contributed by atoms with Crippen LogP contribution in [-0.2, 0) is 16.1 Å². The number of amides is 2. The van der Waals surface area contributed by atoms with E-state index in [1.165, 1.54) is 4.90 Å². The van der Waals surface area contributed by atoms with Crippen LogP contribution in [0.2, 0.25) is 0 Å². The van der Waals surface area contributed by atoms with Crippen LogP contribution in [0, 0.1) is 0 Å². The minimum atomic E-state index is -0.624. The number of rotatable bonds is 3. The lowest BCUT2D eigenvalue weighted by molar-refractivity contribution is -0.127. The van der Waals surface area contributed by atoms with Crippen LogP contribution < -0.4 is 21.1 Å². The number of anilines is 1. The van der Waals surface area contributed by atoms with Crippen molar-refractivity contribution < 1.29 is 14.3 Å². The summed E-state index contributed by atoms with van der Waals surface area (Å²) in [5.74, 6) is -0.294. The predicted molar refractivity (Wildman–Crippen MR) is 66.0 cm³/mol. The summed E-state index contributed by atoms with van der Waals surface area (Å²) in [6, 6.07) is 5.31. The maximum atomic E-state index is 12.0. The van der Waals surface area contributed by atoms with Crippen molar-refractivity contribution in [1.29, 1.82) is 0 Å². The van der Waals surface area contributed by atoms with Gasteiger partial charge in [-0.2, -0.15) is 0 Å². The fraction of sp³-hybridized carbons (Fsp3) is 0.333. The molecule has 6 heteroatoms. The van der Waals surface area contributed by atoms with E-state index in [0.717, 1.165) is 5.56 Å². The van der Waals surface area contributed by atoms with Crippen molar-refractivity contribution >= 4 is 17.5 Å². The van der Waals surface area contributed by atoms with Crippen LogP contribution in [0.3, 0.4) is 0 Å². The molecule has 1 aliphatic heterocycles. The largest absolute Gasteiger partial charge is 0.479 e. The van der Waals surface area contributed by atoms with Gasteiger partial charge in [0.1, 0.15) is 12.3 Å². The summed E-state index contributed by atoms with van der Waals surface area (Å²) >= 11 is 0. The van der Waals surface area contributed by atoms with E-state index in [4.69, 9.17) is 16.2 Å². The first-order valence-corrected chi connectivity index (χ1v) is 5.62. The third-order valence-corrected chi connectivity index (χ3v) is 2.78. The molecule has 0 spiro atoms. The SMILES string of the molecule is CC1Oc2ccc(CN)cc2N(CC(N)=O)C1=O. The second kappa shape index (κ2) is 4.66. The number of nitrogens with zero attached hydrogens (tertiary/aromatic N) is 1. The number of nitrogens with two attached hydrogens (primary N) is 2. The standard InChI is InChI=1S/C12H15N3O3/c1-7-12(17)15(6-11(14)16)9-4-8(5-13)2-3-10(9)18-7/h2-4,7H,5-6,13H2,1H3,(H2,14,16). The normalized spacial score (nSPS) is 18.2. The molecule has 2 amide bonds. The summed E-state index contributed by atoms with van der Waals surface area (Å²) in [6.07, 6.45) is -0.624. The van der Waals surface area contributed by atoms with Crippen LogP contribution in [0.25, 0.3) is 0 Å². The lowest BCUT2D eigenvalue weighted by Crippen LogP contribution is -2.48. The van der Waals surface area contributed by atoms with Crippen molar-refractivity contribution in [2.24, 2.45) is 11.5 Å². The van der Waals surface area contributed by atoms with Gasteiger partial charge in [0.15, 0.2) is 6.10 Å². The molecule has 1 atom stereocenters. The Bertz CT molecular complexity index is 501. The lowest BCUT2D eigenvalue weighted by Gasteiger charge is -2.32. The van der Waals surface area contributed by atoms with E-state index in [9.17, 15) is 9.59 Å². The Hall–Kier alpha value is -2.08. The molecule has 1 aliphatic rings. The highest BCUT2D eigenvalue weighted by atomic mass is 16.5. The van der Waals surface area contributed by atoms with Crippen LogP contribution in [0.5, 0.6) is 5.75 Å². The minimum absolute atomic E-state index is 0.159. The molecular formula is C12H15N3O3. The Morgan fingerprint density at radius 2 is 2.22 bits per heavy atom. The average Bonchev–Trinajstić information content (AvgIpc) is 2.34. The van der Waals surface area contributed by atoms with E-state index in [2.05, 4.69) is 0 Å². The van der Waals surface area contributed by atoms with E-state index in [-0.39, 0.29) is 12.5 Å². The van der Waals surface area contributed by atoms with Crippen molar-refractivity contribution in [2.75, 3.05) is 11.4 Å². The number of hydrogen-bond acceptors (Lipinski definition) is 4. The molecule has 4 N–H and O–H groups in total. The first-order valence-electron chi connectivity index (χ1n) is 5.62. The minimum Gasteiger partial charge on any atom is -0.479 e. The Labute approximate surface area is 104 Å². The van der Waals surface area contributed by atoms with E-state index in [0.29, 0.717) is 18.0 Å². The number of carbonyl (C=O) groups is 2. The second-order valence-electron chi connectivity index (χ2n) is 4.16. The van der Waals surface area contributed by atoms with Crippen LogP contribution in [0.1, 0.15) is 12.5 Å². The molecule has 0 radical (unpaired) electrons. The Morgan fingerprint density at radius 1 is 1.50 bits per heavy atom. The van der Waals surface area contributed by atoms with Crippen molar-refractivity contribution in [3.05, 3.63) is 23.8 Å². The molecule has 18 heavy (non-hydrogen) atoms. The quantitative estimate of drug-likeness (QED) is 0.771. The summed E-state index contributed by atoms with van der Waals surface area (Å²) in [7, 11) is 0. The molecule has 0 aliphatic carbocycles. The monoisotopic (exact) mass is 249 g/mol. The number of hydrogen-bond donors (Lipinski definition) is 2. The lowest BCUT2D eigenvalue weighted by atomic mass is 10.1. The molecule has 96 valence electrons. The molecule has 0 aromatic heterocycles. The number of benzene rings is 1. The zero-order valence-electron chi connectivity index (χ0n) is 10.1. The van der Waals surface area contributed by atoms with Gasteiger partial charge in [-0.05, 0) is 24.6 Å². The molecule has 6 nitrogen and oxygen atoms in total. The van der Waals surface area contributed by atoms with Gasteiger partial charge in [-0.15, -0.1) is 0 Å². The topological polar surface area (TPSA) is 98.7 Å². The van der Waals surface area contributed by atoms with Crippen molar-refractivity contribution in [3.8, 4) is 5.75 Å². The smallest absolute Gasteiger partial charge is 0.268 e. The average molecular weight is 249 g/mol. The number of primary amides is 1. The highest BCUT2D eigenvalue weighted by Gasteiger charge is 2.32. The zero-order valence-corrected chi connectivity index (χ0v) is 10.1. The molecule has 0 saturated carbocycles. The van der Waals surface area contributed by atoms with Gasteiger partial charge in [-0.3, -0.25) is 14.5 Å². The van der Waals surface area contributed by atoms with E-state index in [1.807, 2.05) is 6.07 Å². The third-order valence-electron chi connectivity index (χ3n) is 2.78. The molecular weight excluding hydrogens is 234 g/mol. The van der Waals surface area contributed by atoms with Gasteiger partial charge in [0.25, 0.3) is 5.91 Å². The van der Waals surface area contributed by atoms with Crippen LogP contribution in [0.4, 0.5) is 5.69 Å². The van der Waals surface area contributed by atoms with Gasteiger partial charge < -0.3 is 16.2 Å². The van der Waals surface area contributed by atoms with E-state index < -0.39 is 12.0 Å². The highest BCUT2D eigenvalue weighted by molar-refractivity contribution is 6.03. The molecule has 0 bridgehead atoms. The molecule has 1 unspecified atom stereocenters. The molecule has 2 rings (SSSR count).